The minimum absolute atomic E-state index is 0.293. The highest BCUT2D eigenvalue weighted by molar-refractivity contribution is 5.88. The number of rotatable bonds is 2. The first-order chi connectivity index (χ1) is 9.83. The Labute approximate surface area is 125 Å². The Morgan fingerprint density at radius 3 is 2.33 bits per heavy atom. The molecule has 0 aliphatic heterocycles. The number of nitrogens with one attached hydrogen (secondary N) is 1. The Hall–Kier alpha value is -2.10. The third kappa shape index (κ3) is 4.74. The van der Waals surface area contributed by atoms with Crippen LogP contribution in [0.2, 0.25) is 0 Å². The summed E-state index contributed by atoms with van der Waals surface area (Å²) in [5.74, 6) is 0.293. The van der Waals surface area contributed by atoms with Crippen LogP contribution in [0.5, 0.6) is 0 Å². The molecule has 0 saturated heterocycles. The van der Waals surface area contributed by atoms with Gasteiger partial charge in [0.25, 0.3) is 0 Å². The zero-order valence-corrected chi connectivity index (χ0v) is 12.7. The van der Waals surface area contributed by atoms with E-state index in [4.69, 9.17) is 4.74 Å². The summed E-state index contributed by atoms with van der Waals surface area (Å²) in [6.45, 7) is 5.48. The van der Waals surface area contributed by atoms with Crippen LogP contribution in [-0.4, -0.2) is 17.5 Å². The molecule has 2 rings (SSSR count). The van der Waals surface area contributed by atoms with E-state index in [1.807, 2.05) is 51.1 Å². The Bertz CT molecular complexity index is 565. The van der Waals surface area contributed by atoms with Gasteiger partial charge in [0.15, 0.2) is 0 Å². The molecule has 0 spiro atoms. The summed E-state index contributed by atoms with van der Waals surface area (Å²) in [5, 5.41) is 2.70. The molecule has 1 amide bonds. The van der Waals surface area contributed by atoms with Crippen LogP contribution in [0.3, 0.4) is 0 Å². The summed E-state index contributed by atoms with van der Waals surface area (Å²) in [7, 11) is 0. The van der Waals surface area contributed by atoms with Gasteiger partial charge >= 0.3 is 6.09 Å². The van der Waals surface area contributed by atoms with Gasteiger partial charge < -0.3 is 4.74 Å². The van der Waals surface area contributed by atoms with Gasteiger partial charge in [-0.05, 0) is 50.5 Å². The topological polar surface area (TPSA) is 55.4 Å². The van der Waals surface area contributed by atoms with E-state index in [0.29, 0.717) is 24.3 Å². The standard InChI is InChI=1S/C17H21NO3/c1-17(2,3)21-16(20)18-14-8-4-12(5-9-14)13-6-10-15(19)11-7-13/h4-6,8-9H,7,10-11H2,1-3H3,(H,18,20). The van der Waals surface area contributed by atoms with Gasteiger partial charge in [-0.3, -0.25) is 10.1 Å². The lowest BCUT2D eigenvalue weighted by Gasteiger charge is -2.19. The van der Waals surface area contributed by atoms with Gasteiger partial charge in [-0.25, -0.2) is 4.79 Å². The number of hydrogen-bond acceptors (Lipinski definition) is 3. The Morgan fingerprint density at radius 2 is 1.81 bits per heavy atom. The lowest BCUT2D eigenvalue weighted by Crippen LogP contribution is -2.27. The first kappa shape index (κ1) is 15.3. The van der Waals surface area contributed by atoms with E-state index in [9.17, 15) is 9.59 Å². The largest absolute Gasteiger partial charge is 0.444 e. The van der Waals surface area contributed by atoms with E-state index >= 15 is 0 Å². The highest BCUT2D eigenvalue weighted by Crippen LogP contribution is 2.26. The summed E-state index contributed by atoms with van der Waals surface area (Å²) < 4.78 is 5.20. The van der Waals surface area contributed by atoms with Crippen LogP contribution in [0, 0.1) is 0 Å². The summed E-state index contributed by atoms with van der Waals surface area (Å²) in [5.41, 5.74) is 2.47. The molecule has 0 aromatic heterocycles. The van der Waals surface area contributed by atoms with Crippen LogP contribution in [-0.2, 0) is 9.53 Å². The molecule has 1 aliphatic carbocycles. The predicted molar refractivity (Wildman–Crippen MR) is 83.1 cm³/mol. The molecule has 0 atom stereocenters. The van der Waals surface area contributed by atoms with Crippen molar-refractivity contribution in [3.8, 4) is 0 Å². The lowest BCUT2D eigenvalue weighted by atomic mass is 9.93. The summed E-state index contributed by atoms with van der Waals surface area (Å²) in [4.78, 5) is 22.9. The fraction of sp³-hybridized carbons (Fsp3) is 0.412. The number of anilines is 1. The fourth-order valence-corrected chi connectivity index (χ4v) is 2.17. The van der Waals surface area contributed by atoms with Crippen molar-refractivity contribution in [1.82, 2.24) is 0 Å². The van der Waals surface area contributed by atoms with Crippen molar-refractivity contribution in [2.75, 3.05) is 5.32 Å². The number of benzene rings is 1. The average Bonchev–Trinajstić information content (AvgIpc) is 2.38. The minimum atomic E-state index is -0.510. The summed E-state index contributed by atoms with van der Waals surface area (Å²) in [6.07, 6.45) is 3.45. The number of hydrogen-bond donors (Lipinski definition) is 1. The molecule has 1 aromatic rings. The van der Waals surface area contributed by atoms with Gasteiger partial charge in [0.1, 0.15) is 11.4 Å². The molecule has 0 radical (unpaired) electrons. The number of carbonyl (C=O) groups is 2. The van der Waals surface area contributed by atoms with E-state index in [2.05, 4.69) is 5.32 Å². The van der Waals surface area contributed by atoms with Crippen molar-refractivity contribution >= 4 is 23.1 Å². The molecule has 4 heteroatoms. The molecular formula is C17H21NO3. The molecule has 0 saturated carbocycles. The van der Waals surface area contributed by atoms with E-state index in [1.54, 1.807) is 0 Å². The maximum atomic E-state index is 11.7. The van der Waals surface area contributed by atoms with Gasteiger partial charge in [0.2, 0.25) is 0 Å². The average molecular weight is 287 g/mol. The van der Waals surface area contributed by atoms with Crippen LogP contribution in [0.25, 0.3) is 5.57 Å². The van der Waals surface area contributed by atoms with E-state index in [-0.39, 0.29) is 0 Å². The highest BCUT2D eigenvalue weighted by Gasteiger charge is 2.16. The fourth-order valence-electron chi connectivity index (χ4n) is 2.17. The molecular weight excluding hydrogens is 266 g/mol. The first-order valence-corrected chi connectivity index (χ1v) is 7.15. The van der Waals surface area contributed by atoms with Crippen LogP contribution in [0.15, 0.2) is 30.3 Å². The third-order valence-corrected chi connectivity index (χ3v) is 3.15. The first-order valence-electron chi connectivity index (χ1n) is 7.15. The van der Waals surface area contributed by atoms with Crippen LogP contribution in [0.4, 0.5) is 10.5 Å². The Balaban J connectivity index is 1.99. The van der Waals surface area contributed by atoms with Crippen molar-refractivity contribution < 1.29 is 14.3 Å². The summed E-state index contributed by atoms with van der Waals surface area (Å²) in [6, 6.07) is 7.59. The molecule has 0 unspecified atom stereocenters. The zero-order valence-electron chi connectivity index (χ0n) is 12.7. The van der Waals surface area contributed by atoms with E-state index in [1.165, 1.54) is 5.57 Å². The van der Waals surface area contributed by atoms with Crippen molar-refractivity contribution in [3.63, 3.8) is 0 Å². The zero-order chi connectivity index (χ0) is 15.5. The normalized spacial score (nSPS) is 15.4. The van der Waals surface area contributed by atoms with E-state index < -0.39 is 11.7 Å². The molecule has 0 bridgehead atoms. The predicted octanol–water partition coefficient (Wildman–Crippen LogP) is 4.17. The molecule has 112 valence electrons. The Morgan fingerprint density at radius 1 is 1.14 bits per heavy atom. The summed E-state index contributed by atoms with van der Waals surface area (Å²) >= 11 is 0. The quantitative estimate of drug-likeness (QED) is 0.888. The van der Waals surface area contributed by atoms with Crippen LogP contribution in [0.1, 0.15) is 45.6 Å². The van der Waals surface area contributed by atoms with Crippen LogP contribution < -0.4 is 5.32 Å². The van der Waals surface area contributed by atoms with Crippen molar-refractivity contribution in [2.24, 2.45) is 0 Å². The maximum absolute atomic E-state index is 11.7. The van der Waals surface area contributed by atoms with Crippen molar-refractivity contribution in [1.29, 1.82) is 0 Å². The van der Waals surface area contributed by atoms with Crippen molar-refractivity contribution in [2.45, 2.75) is 45.6 Å². The minimum Gasteiger partial charge on any atom is -0.444 e. The highest BCUT2D eigenvalue weighted by atomic mass is 16.6. The molecule has 21 heavy (non-hydrogen) atoms. The van der Waals surface area contributed by atoms with Crippen LogP contribution >= 0.6 is 0 Å². The third-order valence-electron chi connectivity index (χ3n) is 3.15. The van der Waals surface area contributed by atoms with Gasteiger partial charge in [0, 0.05) is 18.5 Å². The van der Waals surface area contributed by atoms with Crippen molar-refractivity contribution in [3.05, 3.63) is 35.9 Å². The maximum Gasteiger partial charge on any atom is 0.412 e. The number of ether oxygens (including phenoxy) is 1. The molecule has 1 aliphatic rings. The lowest BCUT2D eigenvalue weighted by molar-refractivity contribution is -0.118. The smallest absolute Gasteiger partial charge is 0.412 e. The number of ketones is 1. The second-order valence-corrected chi connectivity index (χ2v) is 6.18. The molecule has 0 fully saturated rings. The van der Waals surface area contributed by atoms with Gasteiger partial charge in [-0.1, -0.05) is 18.2 Å². The van der Waals surface area contributed by atoms with Gasteiger partial charge in [-0.2, -0.15) is 0 Å². The van der Waals surface area contributed by atoms with Gasteiger partial charge in [-0.15, -0.1) is 0 Å². The molecule has 1 N–H and O–H groups in total. The van der Waals surface area contributed by atoms with Gasteiger partial charge in [0.05, 0.1) is 0 Å². The molecule has 1 aromatic carbocycles. The number of allylic oxidation sites excluding steroid dienone is 2. The number of carbonyl (C=O) groups excluding carboxylic acids is 2. The monoisotopic (exact) mass is 287 g/mol. The Kier molecular flexibility index (Phi) is 4.46. The number of amides is 1. The second-order valence-electron chi connectivity index (χ2n) is 6.18. The number of Topliss-reactive ketones (excluding diaryl/α,β-unsaturated/α-hetero) is 1. The molecule has 4 nitrogen and oxygen atoms in total. The van der Waals surface area contributed by atoms with E-state index in [0.717, 1.165) is 12.0 Å². The molecule has 0 heterocycles. The second kappa shape index (κ2) is 6.12. The SMILES string of the molecule is CC(C)(C)OC(=O)Nc1ccc(C2=CCC(=O)CC2)cc1.